The van der Waals surface area contributed by atoms with Crippen molar-refractivity contribution in [3.63, 3.8) is 0 Å². The van der Waals surface area contributed by atoms with Crippen LogP contribution in [0, 0.1) is 11.3 Å². The Hall–Kier alpha value is -0.760. The second kappa shape index (κ2) is 13.2. The third kappa shape index (κ3) is 7.93. The van der Waals surface area contributed by atoms with Gasteiger partial charge in [0, 0.05) is 19.2 Å². The molecule has 2 aromatic rings. The van der Waals surface area contributed by atoms with Crippen LogP contribution in [0.4, 0.5) is 5.88 Å². The van der Waals surface area contributed by atoms with Crippen molar-refractivity contribution in [3.05, 3.63) is 41.7 Å². The van der Waals surface area contributed by atoms with E-state index in [1.807, 2.05) is 4.90 Å². The zero-order valence-electron chi connectivity index (χ0n) is 18.6. The molecule has 0 bridgehead atoms. The molecule has 0 amide bonds. The number of methoxy groups -OCH3 is 2. The van der Waals surface area contributed by atoms with E-state index < -0.39 is 13.9 Å². The standard InChI is InChI=1S/C20H23N2O7P.2Na/c1-26-18-5-3-14(12-19(18)27-2)15(13-21)11-17-4-6-20(28-17)22-9-7-16(8-10-22)29-30(23,24)25;;/h3-6,11-12,16H,7-10H2,1-2H3,(H2,23,24,25);;/q;2*+1/p-2. The third-order valence-corrected chi connectivity index (χ3v) is 5.30. The van der Waals surface area contributed by atoms with Gasteiger partial charge in [0.2, 0.25) is 0 Å². The Morgan fingerprint density at radius 3 is 2.38 bits per heavy atom. The van der Waals surface area contributed by atoms with E-state index >= 15 is 0 Å². The molecule has 0 unspecified atom stereocenters. The van der Waals surface area contributed by atoms with Crippen molar-refractivity contribution in [3.8, 4) is 17.6 Å². The number of allylic oxidation sites excluding steroid dienone is 1. The topological polar surface area (TPSA) is 131 Å². The van der Waals surface area contributed by atoms with E-state index in [0.717, 1.165) is 0 Å². The van der Waals surface area contributed by atoms with Crippen molar-refractivity contribution in [1.29, 1.82) is 5.26 Å². The summed E-state index contributed by atoms with van der Waals surface area (Å²) in [7, 11) is -1.91. The van der Waals surface area contributed by atoms with Gasteiger partial charge in [-0.1, -0.05) is 0 Å². The van der Waals surface area contributed by atoms with Crippen molar-refractivity contribution < 1.29 is 91.9 Å². The predicted octanol–water partition coefficient (Wildman–Crippen LogP) is -3.82. The molecule has 32 heavy (non-hydrogen) atoms. The molecule has 0 aliphatic carbocycles. The first-order chi connectivity index (χ1) is 14.3. The van der Waals surface area contributed by atoms with Crippen LogP contribution in [0.25, 0.3) is 11.6 Å². The van der Waals surface area contributed by atoms with Crippen molar-refractivity contribution >= 4 is 25.4 Å². The number of nitrogens with zero attached hydrogens (tertiary/aromatic N) is 2. The number of benzene rings is 1. The van der Waals surface area contributed by atoms with Gasteiger partial charge in [0.1, 0.15) is 5.76 Å². The van der Waals surface area contributed by atoms with E-state index in [1.165, 1.54) is 14.2 Å². The maximum atomic E-state index is 10.7. The number of rotatable bonds is 7. The Kier molecular flexibility index (Phi) is 12.1. The van der Waals surface area contributed by atoms with Crippen LogP contribution in [0.5, 0.6) is 11.5 Å². The predicted molar refractivity (Wildman–Crippen MR) is 106 cm³/mol. The van der Waals surface area contributed by atoms with Gasteiger partial charge < -0.3 is 37.7 Å². The van der Waals surface area contributed by atoms with Crippen LogP contribution in [-0.4, -0.2) is 33.4 Å². The fourth-order valence-corrected chi connectivity index (χ4v) is 3.86. The molecule has 0 spiro atoms. The summed E-state index contributed by atoms with van der Waals surface area (Å²) in [6.45, 7) is 0.976. The molecule has 1 fully saturated rings. The Labute approximate surface area is 231 Å². The van der Waals surface area contributed by atoms with Gasteiger partial charge in [-0.2, -0.15) is 5.26 Å². The van der Waals surface area contributed by atoms with Gasteiger partial charge in [-0.15, -0.1) is 0 Å². The number of nitriles is 1. The number of hydrogen-bond donors (Lipinski definition) is 0. The van der Waals surface area contributed by atoms with E-state index in [2.05, 4.69) is 10.6 Å². The number of hydrogen-bond acceptors (Lipinski definition) is 9. The average Bonchev–Trinajstić information content (AvgIpc) is 3.19. The molecule has 1 aliphatic heterocycles. The number of anilines is 1. The van der Waals surface area contributed by atoms with Gasteiger partial charge >= 0.3 is 59.1 Å². The monoisotopic (exact) mass is 478 g/mol. The van der Waals surface area contributed by atoms with E-state index in [-0.39, 0.29) is 59.1 Å². The van der Waals surface area contributed by atoms with Gasteiger partial charge in [0.05, 0.1) is 39.8 Å². The summed E-state index contributed by atoms with van der Waals surface area (Å²) in [5.41, 5.74) is 1.05. The summed E-state index contributed by atoms with van der Waals surface area (Å²) in [5.74, 6) is 2.17. The minimum absolute atomic E-state index is 0. The van der Waals surface area contributed by atoms with Crippen LogP contribution in [0.15, 0.2) is 34.7 Å². The molecule has 1 aliphatic rings. The first-order valence-electron chi connectivity index (χ1n) is 9.22. The summed E-state index contributed by atoms with van der Waals surface area (Å²) >= 11 is 0. The Morgan fingerprint density at radius 1 is 1.16 bits per heavy atom. The summed E-state index contributed by atoms with van der Waals surface area (Å²) in [6, 6.07) is 10.9. The third-order valence-electron chi connectivity index (χ3n) is 4.75. The van der Waals surface area contributed by atoms with Crippen LogP contribution < -0.4 is 83.3 Å². The van der Waals surface area contributed by atoms with Crippen molar-refractivity contribution in [2.75, 3.05) is 32.2 Å². The smallest absolute Gasteiger partial charge is 0.790 e. The van der Waals surface area contributed by atoms with E-state index in [9.17, 15) is 19.6 Å². The van der Waals surface area contributed by atoms with Crippen LogP contribution >= 0.6 is 7.82 Å². The van der Waals surface area contributed by atoms with Crippen LogP contribution in [0.3, 0.4) is 0 Å². The molecular weight excluding hydrogens is 457 g/mol. The van der Waals surface area contributed by atoms with Crippen LogP contribution in [0.1, 0.15) is 24.2 Å². The minimum Gasteiger partial charge on any atom is -0.790 e. The fraction of sp³-hybridized carbons (Fsp3) is 0.350. The van der Waals surface area contributed by atoms with Gasteiger partial charge in [0.25, 0.3) is 0 Å². The number of phosphoric ester groups is 1. The Balaban J connectivity index is 0.00000256. The number of furan rings is 1. The summed E-state index contributed by atoms with van der Waals surface area (Å²) in [6.07, 6.45) is 1.82. The molecule has 9 nitrogen and oxygen atoms in total. The Morgan fingerprint density at radius 2 is 1.81 bits per heavy atom. The number of ether oxygens (including phenoxy) is 2. The quantitative estimate of drug-likeness (QED) is 0.223. The molecule has 12 heteroatoms. The van der Waals surface area contributed by atoms with Gasteiger partial charge in [-0.25, -0.2) is 0 Å². The van der Waals surface area contributed by atoms with Crippen LogP contribution in [-0.2, 0) is 9.09 Å². The number of piperidine rings is 1. The van der Waals surface area contributed by atoms with Crippen molar-refractivity contribution in [2.24, 2.45) is 0 Å². The first-order valence-corrected chi connectivity index (χ1v) is 10.7. The minimum atomic E-state index is -4.98. The molecule has 0 saturated carbocycles. The second-order valence-corrected chi connectivity index (χ2v) is 7.76. The first kappa shape index (κ1) is 29.3. The molecule has 0 radical (unpaired) electrons. The van der Waals surface area contributed by atoms with Gasteiger partial charge in [0.15, 0.2) is 17.4 Å². The second-order valence-electron chi connectivity index (χ2n) is 6.65. The van der Waals surface area contributed by atoms with E-state index in [4.69, 9.17) is 13.9 Å². The molecule has 0 N–H and O–H groups in total. The molecule has 2 heterocycles. The van der Waals surface area contributed by atoms with E-state index in [1.54, 1.807) is 36.4 Å². The zero-order valence-corrected chi connectivity index (χ0v) is 23.5. The molecular formula is C20H21N2Na2O7P. The molecule has 1 aromatic heterocycles. The maximum Gasteiger partial charge on any atom is 1.00 e. The molecule has 160 valence electrons. The summed E-state index contributed by atoms with van der Waals surface area (Å²) in [4.78, 5) is 23.4. The summed E-state index contributed by atoms with van der Waals surface area (Å²) < 4.78 is 31.6. The zero-order chi connectivity index (χ0) is 21.7. The van der Waals surface area contributed by atoms with Crippen molar-refractivity contribution in [2.45, 2.75) is 18.9 Å². The molecule has 0 atom stereocenters. The van der Waals surface area contributed by atoms with Gasteiger partial charge in [-0.3, -0.25) is 0 Å². The Bertz CT molecular complexity index is 1010. The largest absolute Gasteiger partial charge is 1.00 e. The van der Waals surface area contributed by atoms with E-state index in [0.29, 0.717) is 60.2 Å². The number of phosphoric acid groups is 1. The summed E-state index contributed by atoms with van der Waals surface area (Å²) in [5, 5.41) is 9.58. The SMILES string of the molecule is COc1ccc(C(C#N)=Cc2ccc(N3CCC(OP(=O)([O-])[O-])CC3)o2)cc1OC.[Na+].[Na+]. The maximum absolute atomic E-state index is 10.7. The fourth-order valence-electron chi connectivity index (χ4n) is 3.28. The van der Waals surface area contributed by atoms with Gasteiger partial charge in [-0.05, 0) is 48.7 Å². The molecule has 3 rings (SSSR count). The van der Waals surface area contributed by atoms with Crippen molar-refractivity contribution in [1.82, 2.24) is 0 Å². The molecule has 1 saturated heterocycles. The average molecular weight is 478 g/mol. The van der Waals surface area contributed by atoms with Crippen LogP contribution in [0.2, 0.25) is 0 Å². The normalized spacial score (nSPS) is 14.7. The molecule has 1 aromatic carbocycles.